The zero-order valence-electron chi connectivity index (χ0n) is 15.4. The van der Waals surface area contributed by atoms with Crippen molar-refractivity contribution in [2.45, 2.75) is 6.92 Å². The first-order valence-corrected chi connectivity index (χ1v) is 9.35. The van der Waals surface area contributed by atoms with Gasteiger partial charge in [0.25, 0.3) is 0 Å². The number of pyridine rings is 1. The number of nitrogens with one attached hydrogen (secondary N) is 1. The Morgan fingerprint density at radius 3 is 2.34 bits per heavy atom. The van der Waals surface area contributed by atoms with Gasteiger partial charge in [0.2, 0.25) is 5.91 Å². The quantitative estimate of drug-likeness (QED) is 0.417. The fourth-order valence-electron chi connectivity index (χ4n) is 2.43. The number of hydrogen-bond acceptors (Lipinski definition) is 4. The van der Waals surface area contributed by atoms with E-state index in [4.69, 9.17) is 27.9 Å². The van der Waals surface area contributed by atoms with E-state index in [1.54, 1.807) is 36.5 Å². The van der Waals surface area contributed by atoms with Crippen molar-refractivity contribution in [1.29, 1.82) is 0 Å². The second-order valence-electron chi connectivity index (χ2n) is 6.08. The zero-order valence-corrected chi connectivity index (χ0v) is 16.9. The molecule has 1 N–H and O–H groups in total. The molecule has 0 aliphatic rings. The third kappa shape index (κ3) is 5.91. The van der Waals surface area contributed by atoms with Gasteiger partial charge in [-0.05, 0) is 53.6 Å². The monoisotopic (exact) mass is 426 g/mol. The molecular formula is C22H16Cl2N2O3. The number of halogens is 2. The minimum absolute atomic E-state index is 0.176. The van der Waals surface area contributed by atoms with Crippen LogP contribution < -0.4 is 10.1 Å². The molecule has 1 amide bonds. The number of carbonyl (C=O) groups is 2. The van der Waals surface area contributed by atoms with Crippen molar-refractivity contribution in [2.75, 3.05) is 5.32 Å². The minimum atomic E-state index is -0.519. The van der Waals surface area contributed by atoms with Crippen molar-refractivity contribution in [3.8, 4) is 5.75 Å². The highest BCUT2D eigenvalue weighted by atomic mass is 35.5. The molecule has 3 aromatic rings. The number of benzene rings is 2. The third-order valence-electron chi connectivity index (χ3n) is 3.80. The number of aromatic nitrogens is 1. The highest BCUT2D eigenvalue weighted by molar-refractivity contribution is 6.42. The molecule has 5 nitrogen and oxygen atoms in total. The number of amides is 1. The number of rotatable bonds is 5. The number of anilines is 1. The van der Waals surface area contributed by atoms with E-state index in [-0.39, 0.29) is 5.91 Å². The van der Waals surface area contributed by atoms with Crippen LogP contribution >= 0.6 is 23.2 Å². The van der Waals surface area contributed by atoms with E-state index in [1.165, 1.54) is 13.0 Å². The lowest BCUT2D eigenvalue weighted by Gasteiger charge is -2.06. The normalized spacial score (nSPS) is 10.7. The Labute approximate surface area is 177 Å². The third-order valence-corrected chi connectivity index (χ3v) is 4.54. The Morgan fingerprint density at radius 1 is 0.931 bits per heavy atom. The standard InChI is InChI=1S/C22H16Cl2N2O3/c1-14(27)26-21-12-16(10-11-25-21)3-2-15-4-7-18(8-5-15)29-22(28)17-6-9-19(23)20(24)13-17/h2-13H,1H3,(H,25,26,27)/b3-2+. The molecule has 1 heterocycles. The summed E-state index contributed by atoms with van der Waals surface area (Å²) in [7, 11) is 0. The smallest absolute Gasteiger partial charge is 0.343 e. The Hall–Kier alpha value is -3.15. The molecule has 0 saturated heterocycles. The SMILES string of the molecule is CC(=O)Nc1cc(/C=C/c2ccc(OC(=O)c3ccc(Cl)c(Cl)c3)cc2)ccn1. The molecule has 0 saturated carbocycles. The summed E-state index contributed by atoms with van der Waals surface area (Å²) >= 11 is 11.8. The van der Waals surface area contributed by atoms with E-state index in [0.29, 0.717) is 27.2 Å². The molecule has 1 aromatic heterocycles. The fraction of sp³-hybridized carbons (Fsp3) is 0.0455. The lowest BCUT2D eigenvalue weighted by molar-refractivity contribution is -0.114. The molecule has 3 rings (SSSR count). The Balaban J connectivity index is 1.65. The van der Waals surface area contributed by atoms with Crippen molar-refractivity contribution in [3.05, 3.63) is 87.5 Å². The maximum atomic E-state index is 12.2. The molecule has 146 valence electrons. The van der Waals surface area contributed by atoms with Crippen LogP contribution in [0.3, 0.4) is 0 Å². The van der Waals surface area contributed by atoms with Crippen LogP contribution in [-0.4, -0.2) is 16.9 Å². The predicted molar refractivity (Wildman–Crippen MR) is 115 cm³/mol. The van der Waals surface area contributed by atoms with E-state index < -0.39 is 5.97 Å². The maximum Gasteiger partial charge on any atom is 0.343 e. The molecule has 0 aliphatic heterocycles. The molecule has 2 aromatic carbocycles. The van der Waals surface area contributed by atoms with Crippen LogP contribution in [0.4, 0.5) is 5.82 Å². The van der Waals surface area contributed by atoms with Gasteiger partial charge >= 0.3 is 5.97 Å². The van der Waals surface area contributed by atoms with Crippen LogP contribution in [0.2, 0.25) is 10.0 Å². The van der Waals surface area contributed by atoms with Gasteiger partial charge in [0.1, 0.15) is 11.6 Å². The van der Waals surface area contributed by atoms with Crippen molar-refractivity contribution in [1.82, 2.24) is 4.98 Å². The summed E-state index contributed by atoms with van der Waals surface area (Å²) in [6, 6.07) is 15.2. The van der Waals surface area contributed by atoms with Crippen LogP contribution in [0.5, 0.6) is 5.75 Å². The first kappa shape index (κ1) is 20.6. The van der Waals surface area contributed by atoms with E-state index in [0.717, 1.165) is 11.1 Å². The topological polar surface area (TPSA) is 68.3 Å². The van der Waals surface area contributed by atoms with Gasteiger partial charge in [-0.15, -0.1) is 0 Å². The van der Waals surface area contributed by atoms with Gasteiger partial charge in [-0.25, -0.2) is 9.78 Å². The van der Waals surface area contributed by atoms with Gasteiger partial charge in [0, 0.05) is 13.1 Å². The van der Waals surface area contributed by atoms with Gasteiger partial charge < -0.3 is 10.1 Å². The summed E-state index contributed by atoms with van der Waals surface area (Å²) in [5.41, 5.74) is 2.12. The van der Waals surface area contributed by atoms with Gasteiger partial charge in [-0.2, -0.15) is 0 Å². The fourth-order valence-corrected chi connectivity index (χ4v) is 2.73. The second kappa shape index (κ2) is 9.37. The molecule has 0 radical (unpaired) electrons. The van der Waals surface area contributed by atoms with Crippen LogP contribution in [0, 0.1) is 0 Å². The molecule has 7 heteroatoms. The summed E-state index contributed by atoms with van der Waals surface area (Å²) in [5.74, 6) is 0.207. The van der Waals surface area contributed by atoms with Crippen molar-refractivity contribution >= 4 is 53.0 Å². The molecule has 0 fully saturated rings. The molecule has 29 heavy (non-hydrogen) atoms. The number of nitrogens with zero attached hydrogens (tertiary/aromatic N) is 1. The Kier molecular flexibility index (Phi) is 6.65. The number of esters is 1. The Morgan fingerprint density at radius 2 is 1.66 bits per heavy atom. The summed E-state index contributed by atoms with van der Waals surface area (Å²) in [4.78, 5) is 27.4. The van der Waals surface area contributed by atoms with Gasteiger partial charge in [-0.1, -0.05) is 47.5 Å². The van der Waals surface area contributed by atoms with Crippen LogP contribution in [-0.2, 0) is 4.79 Å². The lowest BCUT2D eigenvalue weighted by Crippen LogP contribution is -2.08. The highest BCUT2D eigenvalue weighted by Gasteiger charge is 2.10. The van der Waals surface area contributed by atoms with Gasteiger partial charge in [0.15, 0.2) is 0 Å². The van der Waals surface area contributed by atoms with Gasteiger partial charge in [0.05, 0.1) is 15.6 Å². The summed E-state index contributed by atoms with van der Waals surface area (Å²) in [5, 5.41) is 3.30. The van der Waals surface area contributed by atoms with Crippen LogP contribution in [0.1, 0.15) is 28.4 Å². The largest absolute Gasteiger partial charge is 0.423 e. The lowest BCUT2D eigenvalue weighted by atomic mass is 10.1. The molecule has 0 unspecified atom stereocenters. The summed E-state index contributed by atoms with van der Waals surface area (Å²) in [6.07, 6.45) is 5.41. The second-order valence-corrected chi connectivity index (χ2v) is 6.89. The van der Waals surface area contributed by atoms with E-state index in [1.807, 2.05) is 30.4 Å². The summed E-state index contributed by atoms with van der Waals surface area (Å²) in [6.45, 7) is 1.43. The number of carbonyl (C=O) groups excluding carboxylic acids is 2. The predicted octanol–water partition coefficient (Wildman–Crippen LogP) is 5.74. The molecule has 0 aliphatic carbocycles. The molecular weight excluding hydrogens is 411 g/mol. The van der Waals surface area contributed by atoms with E-state index in [9.17, 15) is 9.59 Å². The molecule has 0 spiro atoms. The average Bonchev–Trinajstić information content (AvgIpc) is 2.69. The van der Waals surface area contributed by atoms with E-state index >= 15 is 0 Å². The van der Waals surface area contributed by atoms with Crippen molar-refractivity contribution in [3.63, 3.8) is 0 Å². The first-order chi connectivity index (χ1) is 13.9. The maximum absolute atomic E-state index is 12.2. The zero-order chi connectivity index (χ0) is 20.8. The van der Waals surface area contributed by atoms with E-state index in [2.05, 4.69) is 10.3 Å². The van der Waals surface area contributed by atoms with Crippen LogP contribution in [0.25, 0.3) is 12.2 Å². The first-order valence-electron chi connectivity index (χ1n) is 8.60. The molecule has 0 atom stereocenters. The summed E-state index contributed by atoms with van der Waals surface area (Å²) < 4.78 is 5.35. The highest BCUT2D eigenvalue weighted by Crippen LogP contribution is 2.24. The van der Waals surface area contributed by atoms with Crippen molar-refractivity contribution in [2.24, 2.45) is 0 Å². The average molecular weight is 427 g/mol. The van der Waals surface area contributed by atoms with Crippen molar-refractivity contribution < 1.29 is 14.3 Å². The number of hydrogen-bond donors (Lipinski definition) is 1. The Bertz CT molecular complexity index is 1080. The van der Waals surface area contributed by atoms with Crippen LogP contribution in [0.15, 0.2) is 60.8 Å². The minimum Gasteiger partial charge on any atom is -0.423 e. The molecule has 0 bridgehead atoms. The van der Waals surface area contributed by atoms with Gasteiger partial charge in [-0.3, -0.25) is 4.79 Å². The number of ether oxygens (including phenoxy) is 1.